The third-order valence-corrected chi connectivity index (χ3v) is 8.56. The molecule has 0 radical (unpaired) electrons. The fourth-order valence-corrected chi connectivity index (χ4v) is 6.63. The molecular weight excluding hydrogens is 464 g/mol. The van der Waals surface area contributed by atoms with Crippen LogP contribution in [0.2, 0.25) is 5.02 Å². The third kappa shape index (κ3) is 4.78. The van der Waals surface area contributed by atoms with Crippen LogP contribution < -0.4 is 9.64 Å². The molecule has 1 saturated heterocycles. The second kappa shape index (κ2) is 9.83. The zero-order valence-corrected chi connectivity index (χ0v) is 20.0. The molecule has 0 aromatic heterocycles. The molecule has 2 fully saturated rings. The smallest absolute Gasteiger partial charge is 0.252 e. The molecule has 33 heavy (non-hydrogen) atoms. The van der Waals surface area contributed by atoms with Gasteiger partial charge in [0, 0.05) is 11.1 Å². The molecule has 2 aromatic carbocycles. The highest BCUT2D eigenvalue weighted by atomic mass is 35.5. The van der Waals surface area contributed by atoms with Crippen LogP contribution in [0.25, 0.3) is 0 Å². The average molecular weight is 491 g/mol. The van der Waals surface area contributed by atoms with Crippen LogP contribution in [0.3, 0.4) is 0 Å². The van der Waals surface area contributed by atoms with Gasteiger partial charge in [-0.15, -0.1) is 0 Å². The number of hydrogen-bond donors (Lipinski definition) is 0. The van der Waals surface area contributed by atoms with Crippen molar-refractivity contribution >= 4 is 39.1 Å². The van der Waals surface area contributed by atoms with Gasteiger partial charge in [-0.25, -0.2) is 13.3 Å². The number of methoxy groups -OCH3 is 1. The van der Waals surface area contributed by atoms with Gasteiger partial charge < -0.3 is 4.74 Å². The Morgan fingerprint density at radius 2 is 1.55 bits per heavy atom. The largest absolute Gasteiger partial charge is 0.497 e. The summed E-state index contributed by atoms with van der Waals surface area (Å²) in [5, 5.41) is 0.483. The summed E-state index contributed by atoms with van der Waals surface area (Å²) in [6.45, 7) is 0. The molecule has 4 rings (SSSR count). The highest BCUT2D eigenvalue weighted by molar-refractivity contribution is 7.89. The van der Waals surface area contributed by atoms with Gasteiger partial charge in [0.15, 0.2) is 0 Å². The SMILES string of the molecule is COc1ccc(S(=O)(=O)N(C2CCCCCC2)C2CC(=O)N(c3ccc(Cl)cc3)C2=O)cc1. The van der Waals surface area contributed by atoms with Gasteiger partial charge in [0.25, 0.3) is 5.91 Å². The van der Waals surface area contributed by atoms with Crippen LogP contribution in [0.15, 0.2) is 53.4 Å². The monoisotopic (exact) mass is 490 g/mol. The van der Waals surface area contributed by atoms with Crippen LogP contribution in [-0.4, -0.2) is 43.7 Å². The second-order valence-corrected chi connectivity index (χ2v) is 10.7. The van der Waals surface area contributed by atoms with Crippen LogP contribution >= 0.6 is 11.6 Å². The van der Waals surface area contributed by atoms with E-state index < -0.39 is 27.9 Å². The van der Waals surface area contributed by atoms with Crippen molar-refractivity contribution in [3.8, 4) is 5.75 Å². The van der Waals surface area contributed by atoms with Crippen molar-refractivity contribution in [3.63, 3.8) is 0 Å². The zero-order chi connectivity index (χ0) is 23.6. The molecule has 2 amide bonds. The Morgan fingerprint density at radius 3 is 2.12 bits per heavy atom. The highest BCUT2D eigenvalue weighted by Gasteiger charge is 2.49. The lowest BCUT2D eigenvalue weighted by Crippen LogP contribution is -2.50. The molecule has 1 heterocycles. The first-order chi connectivity index (χ1) is 15.8. The molecule has 9 heteroatoms. The first kappa shape index (κ1) is 23.7. The third-order valence-electron chi connectivity index (χ3n) is 6.33. The molecule has 0 bridgehead atoms. The minimum Gasteiger partial charge on any atom is -0.497 e. The quantitative estimate of drug-likeness (QED) is 0.443. The fraction of sp³-hybridized carbons (Fsp3) is 0.417. The van der Waals surface area contributed by atoms with Gasteiger partial charge >= 0.3 is 0 Å². The molecule has 0 spiro atoms. The Kier molecular flexibility index (Phi) is 7.07. The molecular formula is C24H27ClN2O5S. The number of nitrogens with zero attached hydrogens (tertiary/aromatic N) is 2. The number of halogens is 1. The fourth-order valence-electron chi connectivity index (χ4n) is 4.68. The van der Waals surface area contributed by atoms with Crippen LogP contribution in [0.5, 0.6) is 5.75 Å². The van der Waals surface area contributed by atoms with Gasteiger partial charge in [-0.3, -0.25) is 9.59 Å². The van der Waals surface area contributed by atoms with E-state index in [-0.39, 0.29) is 17.4 Å². The van der Waals surface area contributed by atoms with E-state index in [0.717, 1.165) is 30.6 Å². The number of ether oxygens (including phenoxy) is 1. The van der Waals surface area contributed by atoms with Crippen molar-refractivity contribution in [2.75, 3.05) is 12.0 Å². The van der Waals surface area contributed by atoms with E-state index in [9.17, 15) is 18.0 Å². The maximum atomic E-state index is 13.9. The molecule has 1 unspecified atom stereocenters. The van der Waals surface area contributed by atoms with E-state index in [2.05, 4.69) is 0 Å². The maximum Gasteiger partial charge on any atom is 0.252 e. The Balaban J connectivity index is 1.73. The molecule has 2 aliphatic rings. The van der Waals surface area contributed by atoms with Crippen LogP contribution in [-0.2, 0) is 19.6 Å². The summed E-state index contributed by atoms with van der Waals surface area (Å²) in [5.74, 6) is -0.407. The van der Waals surface area contributed by atoms with E-state index >= 15 is 0 Å². The normalized spacial score (nSPS) is 20.3. The van der Waals surface area contributed by atoms with Gasteiger partial charge in [0.1, 0.15) is 11.8 Å². The minimum atomic E-state index is -4.04. The summed E-state index contributed by atoms with van der Waals surface area (Å²) < 4.78 is 34.2. The standard InChI is InChI=1S/C24H27ClN2O5S/c1-32-20-12-14-21(15-13-20)33(30,31)27(19-6-4-2-3-5-7-19)22-16-23(28)26(24(22)29)18-10-8-17(25)9-11-18/h8-15,19,22H,2-7,16H2,1H3. The number of hydrogen-bond acceptors (Lipinski definition) is 5. The van der Waals surface area contributed by atoms with Crippen molar-refractivity contribution in [1.82, 2.24) is 4.31 Å². The molecule has 2 aromatic rings. The van der Waals surface area contributed by atoms with Gasteiger partial charge in [-0.2, -0.15) is 4.31 Å². The topological polar surface area (TPSA) is 84.0 Å². The van der Waals surface area contributed by atoms with Crippen LogP contribution in [0, 0.1) is 0 Å². The average Bonchev–Trinajstić information content (AvgIpc) is 2.97. The number of carbonyl (C=O) groups is 2. The number of sulfonamides is 1. The molecule has 1 saturated carbocycles. The van der Waals surface area contributed by atoms with E-state index in [1.807, 2.05) is 0 Å². The molecule has 1 aliphatic heterocycles. The van der Waals surface area contributed by atoms with Crippen molar-refractivity contribution in [3.05, 3.63) is 53.6 Å². The second-order valence-electron chi connectivity index (χ2n) is 8.42. The number of amides is 2. The lowest BCUT2D eigenvalue weighted by molar-refractivity contribution is -0.122. The van der Waals surface area contributed by atoms with E-state index in [4.69, 9.17) is 16.3 Å². The number of benzene rings is 2. The predicted octanol–water partition coefficient (Wildman–Crippen LogP) is 4.39. The summed E-state index contributed by atoms with van der Waals surface area (Å²) in [6, 6.07) is 11.1. The number of carbonyl (C=O) groups excluding carboxylic acids is 2. The number of imide groups is 1. The molecule has 1 aliphatic carbocycles. The van der Waals surface area contributed by atoms with Crippen LogP contribution in [0.4, 0.5) is 5.69 Å². The van der Waals surface area contributed by atoms with E-state index in [1.165, 1.54) is 23.5 Å². The number of rotatable bonds is 6. The first-order valence-electron chi connectivity index (χ1n) is 11.1. The number of anilines is 1. The van der Waals surface area contributed by atoms with Crippen molar-refractivity contribution < 1.29 is 22.7 Å². The van der Waals surface area contributed by atoms with Gasteiger partial charge in [-0.1, -0.05) is 37.3 Å². The highest BCUT2D eigenvalue weighted by Crippen LogP contribution is 2.35. The zero-order valence-electron chi connectivity index (χ0n) is 18.4. The maximum absolute atomic E-state index is 13.9. The van der Waals surface area contributed by atoms with Crippen molar-refractivity contribution in [1.29, 1.82) is 0 Å². The summed E-state index contributed by atoms with van der Waals surface area (Å²) in [5.41, 5.74) is 0.388. The Labute approximate surface area is 199 Å². The van der Waals surface area contributed by atoms with Gasteiger partial charge in [0.05, 0.1) is 24.1 Å². The summed E-state index contributed by atoms with van der Waals surface area (Å²) in [7, 11) is -2.53. The van der Waals surface area contributed by atoms with Gasteiger partial charge in [-0.05, 0) is 61.4 Å². The molecule has 176 valence electrons. The Morgan fingerprint density at radius 1 is 0.939 bits per heavy atom. The van der Waals surface area contributed by atoms with Crippen molar-refractivity contribution in [2.24, 2.45) is 0 Å². The Hall–Kier alpha value is -2.42. The van der Waals surface area contributed by atoms with E-state index in [0.29, 0.717) is 29.3 Å². The van der Waals surface area contributed by atoms with Crippen molar-refractivity contribution in [2.45, 2.75) is 61.9 Å². The summed E-state index contributed by atoms with van der Waals surface area (Å²) in [6.07, 6.45) is 4.96. The molecule has 1 atom stereocenters. The summed E-state index contributed by atoms with van der Waals surface area (Å²) >= 11 is 5.95. The van der Waals surface area contributed by atoms with E-state index in [1.54, 1.807) is 36.4 Å². The Bertz CT molecular complexity index is 1110. The summed E-state index contributed by atoms with van der Waals surface area (Å²) in [4.78, 5) is 27.6. The van der Waals surface area contributed by atoms with Gasteiger partial charge in [0.2, 0.25) is 15.9 Å². The lowest BCUT2D eigenvalue weighted by atomic mass is 10.1. The molecule has 7 nitrogen and oxygen atoms in total. The lowest BCUT2D eigenvalue weighted by Gasteiger charge is -2.33. The first-order valence-corrected chi connectivity index (χ1v) is 12.9. The molecule has 0 N–H and O–H groups in total. The predicted molar refractivity (Wildman–Crippen MR) is 126 cm³/mol. The minimum absolute atomic E-state index is 0.0812. The van der Waals surface area contributed by atoms with Crippen LogP contribution in [0.1, 0.15) is 44.9 Å².